The van der Waals surface area contributed by atoms with Crippen LogP contribution in [0.3, 0.4) is 0 Å². The monoisotopic (exact) mass is 242 g/mol. The minimum Gasteiger partial charge on any atom is -0.394 e. The summed E-state index contributed by atoms with van der Waals surface area (Å²) in [6.45, 7) is 2.37. The topological polar surface area (TPSA) is 77.4 Å². The van der Waals surface area contributed by atoms with Gasteiger partial charge in [0.15, 0.2) is 0 Å². The summed E-state index contributed by atoms with van der Waals surface area (Å²) in [6, 6.07) is 0. The van der Waals surface area contributed by atoms with E-state index in [1.165, 1.54) is 0 Å². The number of hydrogen-bond donors (Lipinski definition) is 2. The van der Waals surface area contributed by atoms with Crippen molar-refractivity contribution < 1.29 is 29.2 Å². The molecule has 0 bridgehead atoms. The summed E-state index contributed by atoms with van der Waals surface area (Å²) < 4.78 is 18.8. The molecule has 0 saturated carbocycles. The van der Waals surface area contributed by atoms with E-state index in [1.807, 2.05) is 0 Å². The molecule has 0 heterocycles. The Kier molecular flexibility index (Phi) is 38.7. The highest BCUT2D eigenvalue weighted by atomic mass is 16.5. The molecule has 0 aliphatic carbocycles. The third-order valence-corrected chi connectivity index (χ3v) is 0.964. The van der Waals surface area contributed by atoms with Gasteiger partial charge in [0.05, 0.1) is 39.6 Å². The molecule has 0 radical (unpaired) electrons. The van der Waals surface area contributed by atoms with E-state index in [2.05, 4.69) is 4.74 Å². The molecule has 0 amide bonds. The molecule has 102 valence electrons. The largest absolute Gasteiger partial charge is 0.394 e. The van der Waals surface area contributed by atoms with E-state index in [9.17, 15) is 0 Å². The highest BCUT2D eigenvalue weighted by Gasteiger charge is 1.84. The van der Waals surface area contributed by atoms with Gasteiger partial charge in [0.25, 0.3) is 0 Å². The fraction of sp³-hybridized carbons (Fsp3) is 1.00. The second-order valence-corrected chi connectivity index (χ2v) is 2.45. The zero-order valence-corrected chi connectivity index (χ0v) is 10.8. The van der Waals surface area contributed by atoms with Gasteiger partial charge in [0.1, 0.15) is 0 Å². The molecule has 0 fully saturated rings. The maximum atomic E-state index is 7.62. The lowest BCUT2D eigenvalue weighted by Gasteiger charge is -2.00. The van der Waals surface area contributed by atoms with Gasteiger partial charge in [-0.2, -0.15) is 0 Å². The van der Waals surface area contributed by atoms with Gasteiger partial charge >= 0.3 is 0 Å². The van der Waals surface area contributed by atoms with Crippen LogP contribution in [0.25, 0.3) is 0 Å². The van der Waals surface area contributed by atoms with Crippen LogP contribution < -0.4 is 0 Å². The zero-order chi connectivity index (χ0) is 13.1. The molecule has 0 atom stereocenters. The van der Waals surface area contributed by atoms with Crippen LogP contribution in [0.4, 0.5) is 0 Å². The van der Waals surface area contributed by atoms with Gasteiger partial charge < -0.3 is 29.2 Å². The van der Waals surface area contributed by atoms with Crippen LogP contribution >= 0.6 is 0 Å². The van der Waals surface area contributed by atoms with Crippen LogP contribution in [0, 0.1) is 0 Å². The molecular weight excluding hydrogens is 216 g/mol. The average Bonchev–Trinajstić information content (AvgIpc) is 2.30. The molecule has 6 heteroatoms. The van der Waals surface area contributed by atoms with Crippen LogP contribution in [0.1, 0.15) is 0 Å². The maximum absolute atomic E-state index is 7.62. The molecule has 2 N–H and O–H groups in total. The summed E-state index contributed by atoms with van der Waals surface area (Å²) in [7, 11) is 6.55. The van der Waals surface area contributed by atoms with Gasteiger partial charge in [-0.1, -0.05) is 0 Å². The second kappa shape index (κ2) is 29.3. The average molecular weight is 242 g/mol. The van der Waals surface area contributed by atoms with Crippen molar-refractivity contribution in [3.05, 3.63) is 0 Å². The Labute approximate surface area is 98.1 Å². The van der Waals surface area contributed by atoms with Gasteiger partial charge in [-0.15, -0.1) is 0 Å². The summed E-state index contributed by atoms with van der Waals surface area (Å²) >= 11 is 0. The van der Waals surface area contributed by atoms with Crippen LogP contribution in [0.5, 0.6) is 0 Å². The maximum Gasteiger partial charge on any atom is 0.0701 e. The van der Waals surface area contributed by atoms with Crippen molar-refractivity contribution in [3.8, 4) is 0 Å². The fourth-order valence-corrected chi connectivity index (χ4v) is 0.387. The lowest BCUT2D eigenvalue weighted by atomic mass is 10.7. The minimum atomic E-state index is -0.125. The molecule has 6 nitrogen and oxygen atoms in total. The summed E-state index contributed by atoms with van der Waals surface area (Å²) in [5.74, 6) is 0. The van der Waals surface area contributed by atoms with Crippen LogP contribution in [0.2, 0.25) is 0 Å². The lowest BCUT2D eigenvalue weighted by molar-refractivity contribution is 0.0385. The van der Waals surface area contributed by atoms with Crippen molar-refractivity contribution in [2.75, 3.05) is 68.1 Å². The van der Waals surface area contributed by atoms with Gasteiger partial charge in [0.2, 0.25) is 0 Å². The van der Waals surface area contributed by atoms with Crippen molar-refractivity contribution in [1.29, 1.82) is 0 Å². The first-order valence-corrected chi connectivity index (χ1v) is 4.92. The van der Waals surface area contributed by atoms with Crippen LogP contribution in [-0.2, 0) is 18.9 Å². The molecule has 0 spiro atoms. The summed E-state index contributed by atoms with van der Waals surface area (Å²) in [5, 5.41) is 15.2. The Morgan fingerprint density at radius 2 is 1.00 bits per heavy atom. The molecular formula is C10H26O6. The molecule has 0 aromatic heterocycles. The molecule has 0 aromatic rings. The summed E-state index contributed by atoms with van der Waals surface area (Å²) in [6.07, 6.45) is 0. The van der Waals surface area contributed by atoms with E-state index in [4.69, 9.17) is 24.4 Å². The quantitative estimate of drug-likeness (QED) is 0.588. The van der Waals surface area contributed by atoms with E-state index >= 15 is 0 Å². The van der Waals surface area contributed by atoms with E-state index in [0.29, 0.717) is 26.4 Å². The Morgan fingerprint density at radius 1 is 0.688 bits per heavy atom. The van der Waals surface area contributed by atoms with Gasteiger partial charge in [-0.3, -0.25) is 0 Å². The molecule has 0 rings (SSSR count). The van der Waals surface area contributed by atoms with Gasteiger partial charge in [-0.05, 0) is 0 Å². The first-order valence-electron chi connectivity index (χ1n) is 4.92. The fourth-order valence-electron chi connectivity index (χ4n) is 0.387. The van der Waals surface area contributed by atoms with Crippen molar-refractivity contribution in [2.24, 2.45) is 0 Å². The normalized spacial score (nSPS) is 8.62. The van der Waals surface area contributed by atoms with E-state index in [1.54, 1.807) is 28.4 Å². The SMILES string of the molecule is COC.COCCOCCOC.OCCO. The molecule has 16 heavy (non-hydrogen) atoms. The lowest BCUT2D eigenvalue weighted by Crippen LogP contribution is -2.06. The van der Waals surface area contributed by atoms with Crippen molar-refractivity contribution in [1.82, 2.24) is 0 Å². The first-order chi connectivity index (χ1) is 7.74. The minimum absolute atomic E-state index is 0.125. The smallest absolute Gasteiger partial charge is 0.0701 e. The number of aliphatic hydroxyl groups excluding tert-OH is 2. The Bertz CT molecular complexity index is 73.7. The summed E-state index contributed by atoms with van der Waals surface area (Å²) in [4.78, 5) is 0. The molecule has 0 aliphatic rings. The first kappa shape index (κ1) is 21.1. The van der Waals surface area contributed by atoms with Crippen molar-refractivity contribution >= 4 is 0 Å². The number of hydrogen-bond acceptors (Lipinski definition) is 6. The van der Waals surface area contributed by atoms with Crippen molar-refractivity contribution in [3.63, 3.8) is 0 Å². The van der Waals surface area contributed by atoms with Crippen LogP contribution in [-0.4, -0.2) is 78.3 Å². The van der Waals surface area contributed by atoms with E-state index < -0.39 is 0 Å². The van der Waals surface area contributed by atoms with E-state index in [0.717, 1.165) is 0 Å². The second-order valence-electron chi connectivity index (χ2n) is 2.45. The Balaban J connectivity index is -0.000000201. The van der Waals surface area contributed by atoms with Gasteiger partial charge in [-0.25, -0.2) is 0 Å². The number of ether oxygens (including phenoxy) is 4. The Morgan fingerprint density at radius 3 is 1.19 bits per heavy atom. The van der Waals surface area contributed by atoms with Crippen molar-refractivity contribution in [2.45, 2.75) is 0 Å². The summed E-state index contributed by atoms with van der Waals surface area (Å²) in [5.41, 5.74) is 0. The highest BCUT2D eigenvalue weighted by Crippen LogP contribution is 1.75. The number of rotatable bonds is 7. The number of methoxy groups -OCH3 is 3. The zero-order valence-electron chi connectivity index (χ0n) is 10.8. The number of aliphatic hydroxyl groups is 2. The van der Waals surface area contributed by atoms with Gasteiger partial charge in [0, 0.05) is 28.4 Å². The predicted octanol–water partition coefficient (Wildman–Crippen LogP) is -0.471. The standard InChI is InChI=1S/C6H14O3.C2H6O2.C2H6O/c1-7-3-5-9-6-4-8-2;3-1-2-4;1-3-2/h3-6H2,1-2H3;3-4H,1-2H2;1-2H3. The predicted molar refractivity (Wildman–Crippen MR) is 61.7 cm³/mol. The third-order valence-electron chi connectivity index (χ3n) is 0.964. The van der Waals surface area contributed by atoms with Crippen LogP contribution in [0.15, 0.2) is 0 Å². The molecule has 0 saturated heterocycles. The highest BCUT2D eigenvalue weighted by molar-refractivity contribution is 4.28. The third kappa shape index (κ3) is 49.0. The molecule has 0 aromatic carbocycles. The van der Waals surface area contributed by atoms with E-state index in [-0.39, 0.29) is 13.2 Å². The Hall–Kier alpha value is -0.240. The molecule has 0 aliphatic heterocycles. The molecule has 0 unspecified atom stereocenters.